The molecular formula is C23H15N3O8. The fraction of sp³-hybridized carbons (Fsp3) is 0.0435. The molecular weight excluding hydrogens is 446 g/mol. The molecule has 0 unspecified atom stereocenters. The predicted molar refractivity (Wildman–Crippen MR) is 120 cm³/mol. The molecule has 0 spiro atoms. The fourth-order valence-corrected chi connectivity index (χ4v) is 2.96. The molecule has 0 amide bonds. The number of carbonyl (C=O) groups is 1. The van der Waals surface area contributed by atoms with Crippen LogP contribution in [0.5, 0.6) is 17.2 Å². The number of aromatic carboxylic acids is 1. The van der Waals surface area contributed by atoms with Crippen molar-refractivity contribution < 1.29 is 29.2 Å². The number of carboxylic acid groups (broad SMARTS) is 1. The molecule has 1 N–H and O–H groups in total. The van der Waals surface area contributed by atoms with E-state index in [4.69, 9.17) is 14.6 Å². The third-order valence-electron chi connectivity index (χ3n) is 4.63. The Balaban J connectivity index is 1.94. The highest BCUT2D eigenvalue weighted by Gasteiger charge is 2.22. The molecule has 11 heteroatoms. The van der Waals surface area contributed by atoms with Gasteiger partial charge in [0.15, 0.2) is 11.5 Å². The van der Waals surface area contributed by atoms with Crippen molar-refractivity contribution in [1.82, 2.24) is 0 Å². The molecule has 0 radical (unpaired) electrons. The van der Waals surface area contributed by atoms with E-state index in [0.29, 0.717) is 11.1 Å². The molecule has 11 nitrogen and oxygen atoms in total. The predicted octanol–water partition coefficient (Wildman–Crippen LogP) is 5.07. The van der Waals surface area contributed by atoms with Gasteiger partial charge < -0.3 is 14.6 Å². The summed E-state index contributed by atoms with van der Waals surface area (Å²) in [5, 5.41) is 40.8. The van der Waals surface area contributed by atoms with Crippen molar-refractivity contribution in [3.8, 4) is 23.3 Å². The number of allylic oxidation sites excluding steroid dienone is 1. The van der Waals surface area contributed by atoms with Crippen LogP contribution in [0.2, 0.25) is 0 Å². The molecule has 0 saturated heterocycles. The van der Waals surface area contributed by atoms with E-state index in [9.17, 15) is 30.3 Å². The van der Waals surface area contributed by atoms with Gasteiger partial charge in [0.25, 0.3) is 5.69 Å². The lowest BCUT2D eigenvalue weighted by Gasteiger charge is -2.11. The van der Waals surface area contributed by atoms with Crippen LogP contribution in [0, 0.1) is 31.6 Å². The Morgan fingerprint density at radius 1 is 0.941 bits per heavy atom. The van der Waals surface area contributed by atoms with Crippen LogP contribution in [-0.2, 0) is 0 Å². The molecule has 3 rings (SSSR count). The molecule has 0 bridgehead atoms. The summed E-state index contributed by atoms with van der Waals surface area (Å²) < 4.78 is 10.9. The number of rotatable bonds is 8. The van der Waals surface area contributed by atoms with Gasteiger partial charge in [0.1, 0.15) is 0 Å². The van der Waals surface area contributed by atoms with Crippen LogP contribution >= 0.6 is 0 Å². The summed E-state index contributed by atoms with van der Waals surface area (Å²) in [6, 6.07) is 15.5. The zero-order valence-corrected chi connectivity index (χ0v) is 17.5. The summed E-state index contributed by atoms with van der Waals surface area (Å²) >= 11 is 0. The molecule has 0 aliphatic heterocycles. The Morgan fingerprint density at radius 2 is 1.59 bits per heavy atom. The van der Waals surface area contributed by atoms with Gasteiger partial charge in [0, 0.05) is 6.07 Å². The first-order chi connectivity index (χ1) is 16.2. The summed E-state index contributed by atoms with van der Waals surface area (Å²) in [6.45, 7) is 0. The molecule has 0 aliphatic rings. The number of hydrogen-bond acceptors (Lipinski definition) is 8. The van der Waals surface area contributed by atoms with Crippen molar-refractivity contribution in [3.05, 3.63) is 97.6 Å². The smallest absolute Gasteiger partial charge is 0.335 e. The van der Waals surface area contributed by atoms with E-state index in [1.54, 1.807) is 12.1 Å². The zero-order valence-electron chi connectivity index (χ0n) is 17.5. The van der Waals surface area contributed by atoms with E-state index in [0.717, 1.165) is 18.2 Å². The third-order valence-corrected chi connectivity index (χ3v) is 4.63. The minimum Gasteiger partial charge on any atom is -0.493 e. The maximum Gasteiger partial charge on any atom is 0.335 e. The Kier molecular flexibility index (Phi) is 6.84. The monoisotopic (exact) mass is 461 g/mol. The number of nitrogens with zero attached hydrogens (tertiary/aromatic N) is 3. The molecule has 0 atom stereocenters. The van der Waals surface area contributed by atoms with E-state index < -0.39 is 27.2 Å². The molecule has 0 aliphatic carbocycles. The number of non-ortho nitro benzene ring substituents is 1. The lowest BCUT2D eigenvalue weighted by Crippen LogP contribution is -1.97. The quantitative estimate of drug-likeness (QED) is 0.208. The zero-order chi connectivity index (χ0) is 24.8. The van der Waals surface area contributed by atoms with Crippen LogP contribution in [0.25, 0.3) is 11.6 Å². The van der Waals surface area contributed by atoms with Gasteiger partial charge in [-0.1, -0.05) is 18.2 Å². The highest BCUT2D eigenvalue weighted by molar-refractivity contribution is 5.92. The SMILES string of the molecule is COc1cc(/C=C(/C#N)c2ccc(C(=O)O)cc2)ccc1Oc1ccc([N+](=O)[O-])cc1[N+](=O)[O-]. The summed E-state index contributed by atoms with van der Waals surface area (Å²) in [5.41, 5.74) is 0.362. The van der Waals surface area contributed by atoms with Gasteiger partial charge in [-0.25, -0.2) is 4.79 Å². The van der Waals surface area contributed by atoms with Crippen LogP contribution in [0.3, 0.4) is 0 Å². The molecule has 3 aromatic carbocycles. The van der Waals surface area contributed by atoms with E-state index in [1.807, 2.05) is 0 Å². The van der Waals surface area contributed by atoms with Crippen LogP contribution in [0.1, 0.15) is 21.5 Å². The van der Waals surface area contributed by atoms with Crippen molar-refractivity contribution in [2.75, 3.05) is 7.11 Å². The minimum atomic E-state index is -1.08. The van der Waals surface area contributed by atoms with Gasteiger partial charge in [-0.15, -0.1) is 0 Å². The van der Waals surface area contributed by atoms with E-state index in [-0.39, 0.29) is 28.4 Å². The van der Waals surface area contributed by atoms with Crippen molar-refractivity contribution in [2.45, 2.75) is 0 Å². The van der Waals surface area contributed by atoms with Crippen LogP contribution in [0.4, 0.5) is 11.4 Å². The van der Waals surface area contributed by atoms with Gasteiger partial charge in [0.05, 0.1) is 40.2 Å². The molecule has 0 aromatic heterocycles. The van der Waals surface area contributed by atoms with Gasteiger partial charge in [-0.2, -0.15) is 5.26 Å². The highest BCUT2D eigenvalue weighted by atomic mass is 16.6. The number of nitro benzene ring substituents is 2. The van der Waals surface area contributed by atoms with Crippen molar-refractivity contribution in [1.29, 1.82) is 5.26 Å². The Labute approximate surface area is 192 Å². The summed E-state index contributed by atoms with van der Waals surface area (Å²) in [4.78, 5) is 31.7. The third kappa shape index (κ3) is 5.14. The topological polar surface area (TPSA) is 166 Å². The molecule has 0 saturated carbocycles. The van der Waals surface area contributed by atoms with Gasteiger partial charge in [-0.05, 0) is 47.5 Å². The lowest BCUT2D eigenvalue weighted by atomic mass is 10.0. The number of benzene rings is 3. The minimum absolute atomic E-state index is 0.0875. The maximum absolute atomic E-state index is 11.3. The number of carboxylic acids is 1. The van der Waals surface area contributed by atoms with Crippen molar-refractivity contribution in [2.24, 2.45) is 0 Å². The number of ether oxygens (including phenoxy) is 2. The first-order valence-corrected chi connectivity index (χ1v) is 9.47. The normalized spacial score (nSPS) is 10.8. The van der Waals surface area contributed by atoms with Crippen LogP contribution in [-0.4, -0.2) is 28.0 Å². The second-order valence-electron chi connectivity index (χ2n) is 6.73. The summed E-state index contributed by atoms with van der Waals surface area (Å²) in [6.07, 6.45) is 1.55. The van der Waals surface area contributed by atoms with E-state index >= 15 is 0 Å². The Hall–Kier alpha value is -5.24. The summed E-state index contributed by atoms with van der Waals surface area (Å²) in [7, 11) is 1.36. The second kappa shape index (κ2) is 9.92. The molecule has 0 fully saturated rings. The summed E-state index contributed by atoms with van der Waals surface area (Å²) in [5.74, 6) is -0.989. The van der Waals surface area contributed by atoms with Crippen LogP contribution < -0.4 is 9.47 Å². The maximum atomic E-state index is 11.3. The Morgan fingerprint density at radius 3 is 2.15 bits per heavy atom. The van der Waals surface area contributed by atoms with E-state index in [2.05, 4.69) is 6.07 Å². The molecule has 170 valence electrons. The van der Waals surface area contributed by atoms with Crippen molar-refractivity contribution in [3.63, 3.8) is 0 Å². The lowest BCUT2D eigenvalue weighted by molar-refractivity contribution is -0.394. The molecule has 0 heterocycles. The Bertz CT molecular complexity index is 1360. The standard InChI is InChI=1S/C23H15N3O8/c1-33-22-11-14(10-17(13-24)15-3-5-16(6-4-15)23(27)28)2-8-21(22)34-20-9-7-18(25(29)30)12-19(20)26(31)32/h2-12H,1H3,(H,27,28)/b17-10-. The first-order valence-electron chi connectivity index (χ1n) is 9.47. The average Bonchev–Trinajstić information content (AvgIpc) is 2.83. The second-order valence-corrected chi connectivity index (χ2v) is 6.73. The first kappa shape index (κ1) is 23.4. The molecule has 34 heavy (non-hydrogen) atoms. The number of methoxy groups -OCH3 is 1. The van der Waals surface area contributed by atoms with Gasteiger partial charge in [0.2, 0.25) is 5.75 Å². The largest absolute Gasteiger partial charge is 0.493 e. The average molecular weight is 461 g/mol. The van der Waals surface area contributed by atoms with Gasteiger partial charge >= 0.3 is 11.7 Å². The number of hydrogen-bond donors (Lipinski definition) is 1. The van der Waals surface area contributed by atoms with Gasteiger partial charge in [-0.3, -0.25) is 20.2 Å². The van der Waals surface area contributed by atoms with Crippen molar-refractivity contribution >= 4 is 29.0 Å². The highest BCUT2D eigenvalue weighted by Crippen LogP contribution is 2.38. The fourth-order valence-electron chi connectivity index (χ4n) is 2.96. The number of nitriles is 1. The molecule has 3 aromatic rings. The van der Waals surface area contributed by atoms with Crippen LogP contribution in [0.15, 0.2) is 60.7 Å². The van der Waals surface area contributed by atoms with E-state index in [1.165, 1.54) is 43.5 Å². The number of nitro groups is 2.